The smallest absolute Gasteiger partial charge is 0.249 e. The number of nitrogens with zero attached hydrogens (tertiary/aromatic N) is 4. The quantitative estimate of drug-likeness (QED) is 0.869. The maximum Gasteiger partial charge on any atom is 0.249 e. The van der Waals surface area contributed by atoms with Crippen molar-refractivity contribution in [3.63, 3.8) is 0 Å². The second-order valence-corrected chi connectivity index (χ2v) is 6.45. The van der Waals surface area contributed by atoms with E-state index in [1.54, 1.807) is 0 Å². The highest BCUT2D eigenvalue weighted by atomic mass is 16.5. The van der Waals surface area contributed by atoms with Crippen molar-refractivity contribution in [1.29, 1.82) is 0 Å². The summed E-state index contributed by atoms with van der Waals surface area (Å²) in [6.45, 7) is 0.969. The predicted octanol–water partition coefficient (Wildman–Crippen LogP) is 2.35. The monoisotopic (exact) mass is 314 g/mol. The third kappa shape index (κ3) is 2.83. The molecule has 4 rings (SSSR count). The van der Waals surface area contributed by atoms with Crippen molar-refractivity contribution in [2.24, 2.45) is 0 Å². The van der Waals surface area contributed by atoms with E-state index in [9.17, 15) is 4.79 Å². The van der Waals surface area contributed by atoms with E-state index in [4.69, 9.17) is 4.74 Å². The molecule has 6 nitrogen and oxygen atoms in total. The van der Waals surface area contributed by atoms with E-state index in [0.717, 1.165) is 43.7 Å². The van der Waals surface area contributed by atoms with E-state index in [1.807, 2.05) is 33.7 Å². The van der Waals surface area contributed by atoms with Crippen molar-refractivity contribution >= 4 is 11.6 Å². The molecule has 1 atom stereocenters. The van der Waals surface area contributed by atoms with Crippen LogP contribution in [0.3, 0.4) is 0 Å². The van der Waals surface area contributed by atoms with Crippen molar-refractivity contribution in [1.82, 2.24) is 19.5 Å². The standard InChI is InChI=1S/C17H22N4O2/c22-16(12-23-13-6-1-2-7-13)20-11-5-8-14(20)17-19-18-15-9-3-4-10-21(15)17/h3-4,9-10,13-14H,1-2,5-8,11-12H2/t14-/m0/s1. The maximum atomic E-state index is 12.6. The Morgan fingerprint density at radius 3 is 2.91 bits per heavy atom. The molecule has 1 saturated carbocycles. The van der Waals surface area contributed by atoms with Crippen LogP contribution >= 0.6 is 0 Å². The van der Waals surface area contributed by atoms with E-state index >= 15 is 0 Å². The average molecular weight is 314 g/mol. The molecule has 0 radical (unpaired) electrons. The summed E-state index contributed by atoms with van der Waals surface area (Å²) in [6.07, 6.45) is 8.78. The third-order valence-electron chi connectivity index (χ3n) is 4.96. The molecular weight excluding hydrogens is 292 g/mol. The molecule has 2 aromatic rings. The van der Waals surface area contributed by atoms with Crippen LogP contribution in [-0.4, -0.2) is 44.7 Å². The lowest BCUT2D eigenvalue weighted by atomic mass is 10.2. The van der Waals surface area contributed by atoms with Gasteiger partial charge in [-0.25, -0.2) is 0 Å². The molecule has 2 aliphatic rings. The molecule has 2 fully saturated rings. The Kier molecular flexibility index (Phi) is 3.99. The summed E-state index contributed by atoms with van der Waals surface area (Å²) in [5.41, 5.74) is 0.823. The molecule has 1 saturated heterocycles. The molecular formula is C17H22N4O2. The summed E-state index contributed by atoms with van der Waals surface area (Å²) in [5, 5.41) is 8.54. The Balaban J connectivity index is 1.48. The number of carbonyl (C=O) groups excluding carboxylic acids is 1. The minimum absolute atomic E-state index is 0.00655. The first-order valence-corrected chi connectivity index (χ1v) is 8.53. The number of rotatable bonds is 4. The first-order chi connectivity index (χ1) is 11.3. The van der Waals surface area contributed by atoms with E-state index in [0.29, 0.717) is 0 Å². The maximum absolute atomic E-state index is 12.6. The van der Waals surface area contributed by atoms with Gasteiger partial charge in [-0.1, -0.05) is 18.9 Å². The zero-order chi connectivity index (χ0) is 15.6. The largest absolute Gasteiger partial charge is 0.368 e. The topological polar surface area (TPSA) is 59.7 Å². The van der Waals surface area contributed by atoms with E-state index in [-0.39, 0.29) is 24.7 Å². The molecule has 1 aliphatic heterocycles. The highest BCUT2D eigenvalue weighted by Gasteiger charge is 2.33. The van der Waals surface area contributed by atoms with E-state index in [1.165, 1.54) is 12.8 Å². The SMILES string of the molecule is O=C(COC1CCCC1)N1CCC[C@H]1c1nnc2ccccn12. The van der Waals surface area contributed by atoms with Gasteiger partial charge in [0.2, 0.25) is 5.91 Å². The third-order valence-corrected chi connectivity index (χ3v) is 4.96. The summed E-state index contributed by atoms with van der Waals surface area (Å²) < 4.78 is 7.78. The fraction of sp³-hybridized carbons (Fsp3) is 0.588. The minimum Gasteiger partial charge on any atom is -0.368 e. The van der Waals surface area contributed by atoms with Crippen LogP contribution in [0.5, 0.6) is 0 Å². The molecule has 0 N–H and O–H groups in total. The van der Waals surface area contributed by atoms with Gasteiger partial charge in [0, 0.05) is 12.7 Å². The number of likely N-dealkylation sites (tertiary alicyclic amines) is 1. The normalized spacial score (nSPS) is 22.3. The highest BCUT2D eigenvalue weighted by molar-refractivity contribution is 5.78. The van der Waals surface area contributed by atoms with Gasteiger partial charge in [-0.3, -0.25) is 9.20 Å². The molecule has 0 aromatic carbocycles. The highest BCUT2D eigenvalue weighted by Crippen LogP contribution is 2.31. The second kappa shape index (κ2) is 6.28. The lowest BCUT2D eigenvalue weighted by Gasteiger charge is -2.24. The first-order valence-electron chi connectivity index (χ1n) is 8.53. The summed E-state index contributed by atoms with van der Waals surface area (Å²) in [5.74, 6) is 0.930. The number of hydrogen-bond donors (Lipinski definition) is 0. The number of carbonyl (C=O) groups is 1. The first kappa shape index (κ1) is 14.6. The van der Waals surface area contributed by atoms with Gasteiger partial charge in [-0.15, -0.1) is 10.2 Å². The Morgan fingerprint density at radius 2 is 2.04 bits per heavy atom. The number of fused-ring (bicyclic) bond motifs is 1. The van der Waals surface area contributed by atoms with Crippen LogP contribution in [0.2, 0.25) is 0 Å². The van der Waals surface area contributed by atoms with Crippen LogP contribution in [0, 0.1) is 0 Å². The Morgan fingerprint density at radius 1 is 1.17 bits per heavy atom. The lowest BCUT2D eigenvalue weighted by Crippen LogP contribution is -2.35. The van der Waals surface area contributed by atoms with Crippen LogP contribution in [0.4, 0.5) is 0 Å². The molecule has 0 bridgehead atoms. The van der Waals surface area contributed by atoms with Crippen LogP contribution in [-0.2, 0) is 9.53 Å². The summed E-state index contributed by atoms with van der Waals surface area (Å²) in [4.78, 5) is 14.5. The van der Waals surface area contributed by atoms with Gasteiger partial charge in [0.05, 0.1) is 12.1 Å². The van der Waals surface area contributed by atoms with Crippen LogP contribution in [0.25, 0.3) is 5.65 Å². The van der Waals surface area contributed by atoms with Crippen LogP contribution in [0.15, 0.2) is 24.4 Å². The minimum atomic E-state index is 0.00655. The van der Waals surface area contributed by atoms with Crippen molar-refractivity contribution in [2.75, 3.05) is 13.2 Å². The van der Waals surface area contributed by atoms with E-state index < -0.39 is 0 Å². The van der Waals surface area contributed by atoms with Crippen molar-refractivity contribution in [3.8, 4) is 0 Å². The molecule has 0 spiro atoms. The Hall–Kier alpha value is -1.95. The fourth-order valence-corrected chi connectivity index (χ4v) is 3.75. The van der Waals surface area contributed by atoms with Gasteiger partial charge in [-0.2, -0.15) is 0 Å². The number of pyridine rings is 1. The molecule has 0 unspecified atom stereocenters. The Labute approximate surface area is 135 Å². The second-order valence-electron chi connectivity index (χ2n) is 6.45. The van der Waals surface area contributed by atoms with Crippen molar-refractivity contribution in [3.05, 3.63) is 30.2 Å². The molecule has 6 heteroatoms. The molecule has 3 heterocycles. The summed E-state index contributed by atoms with van der Waals surface area (Å²) >= 11 is 0. The lowest BCUT2D eigenvalue weighted by molar-refractivity contribution is -0.139. The summed E-state index contributed by atoms with van der Waals surface area (Å²) in [6, 6.07) is 5.85. The number of amides is 1. The molecule has 122 valence electrons. The van der Waals surface area contributed by atoms with E-state index in [2.05, 4.69) is 10.2 Å². The van der Waals surface area contributed by atoms with Gasteiger partial charge in [-0.05, 0) is 37.8 Å². The summed E-state index contributed by atoms with van der Waals surface area (Å²) in [7, 11) is 0. The van der Waals surface area contributed by atoms with Gasteiger partial charge >= 0.3 is 0 Å². The zero-order valence-electron chi connectivity index (χ0n) is 13.2. The van der Waals surface area contributed by atoms with Gasteiger partial charge in [0.1, 0.15) is 6.61 Å². The van der Waals surface area contributed by atoms with Crippen LogP contribution in [0.1, 0.15) is 50.4 Å². The molecule has 1 amide bonds. The number of ether oxygens (including phenoxy) is 1. The number of aromatic nitrogens is 3. The number of hydrogen-bond acceptors (Lipinski definition) is 4. The van der Waals surface area contributed by atoms with Crippen molar-refractivity contribution < 1.29 is 9.53 Å². The van der Waals surface area contributed by atoms with Gasteiger partial charge in [0.15, 0.2) is 11.5 Å². The van der Waals surface area contributed by atoms with Crippen LogP contribution < -0.4 is 0 Å². The average Bonchev–Trinajstić information content (AvgIpc) is 3.31. The zero-order valence-corrected chi connectivity index (χ0v) is 13.2. The molecule has 2 aromatic heterocycles. The molecule has 1 aliphatic carbocycles. The predicted molar refractivity (Wildman–Crippen MR) is 84.9 cm³/mol. The Bertz CT molecular complexity index is 693. The van der Waals surface area contributed by atoms with Gasteiger partial charge in [0.25, 0.3) is 0 Å². The van der Waals surface area contributed by atoms with Gasteiger partial charge < -0.3 is 9.64 Å². The van der Waals surface area contributed by atoms with Crippen molar-refractivity contribution in [2.45, 2.75) is 50.7 Å². The fourth-order valence-electron chi connectivity index (χ4n) is 3.75. The molecule has 23 heavy (non-hydrogen) atoms.